The summed E-state index contributed by atoms with van der Waals surface area (Å²) in [6.07, 6.45) is 7.49. The topological polar surface area (TPSA) is 67.2 Å². The number of aliphatic hydroxyl groups is 1. The van der Waals surface area contributed by atoms with Crippen molar-refractivity contribution in [2.24, 2.45) is 0 Å². The van der Waals surface area contributed by atoms with Gasteiger partial charge in [0.15, 0.2) is 0 Å². The third-order valence-corrected chi connectivity index (χ3v) is 3.73. The van der Waals surface area contributed by atoms with Crippen LogP contribution in [0.2, 0.25) is 0 Å². The summed E-state index contributed by atoms with van der Waals surface area (Å²) in [6.45, 7) is 2.93. The van der Waals surface area contributed by atoms with Gasteiger partial charge in [-0.05, 0) is 19.3 Å². The molecule has 2 rings (SSSR count). The van der Waals surface area contributed by atoms with Crippen molar-refractivity contribution in [3.8, 4) is 0 Å². The van der Waals surface area contributed by atoms with Crippen LogP contribution in [0, 0.1) is 0 Å². The van der Waals surface area contributed by atoms with Crippen LogP contribution in [0.25, 0.3) is 0 Å². The zero-order valence-electron chi connectivity index (χ0n) is 11.6. The molecule has 5 nitrogen and oxygen atoms in total. The van der Waals surface area contributed by atoms with Crippen LogP contribution in [-0.4, -0.2) is 26.4 Å². The summed E-state index contributed by atoms with van der Waals surface area (Å²) in [5.41, 5.74) is -0.793. The van der Waals surface area contributed by atoms with Gasteiger partial charge in [-0.25, -0.2) is 4.68 Å². The van der Waals surface area contributed by atoms with E-state index in [-0.39, 0.29) is 12.3 Å². The number of carbonyl (C=O) groups is 1. The average Bonchev–Trinajstić information content (AvgIpc) is 2.96. The molecule has 2 N–H and O–H groups in total. The molecule has 0 aliphatic heterocycles. The Balaban J connectivity index is 1.89. The van der Waals surface area contributed by atoms with Gasteiger partial charge in [-0.15, -0.1) is 0 Å². The fourth-order valence-electron chi connectivity index (χ4n) is 2.62. The van der Waals surface area contributed by atoms with E-state index in [2.05, 4.69) is 17.3 Å². The molecule has 1 heterocycles. The van der Waals surface area contributed by atoms with E-state index in [0.29, 0.717) is 0 Å². The van der Waals surface area contributed by atoms with E-state index >= 15 is 0 Å². The lowest BCUT2D eigenvalue weighted by molar-refractivity contribution is -0.120. The Morgan fingerprint density at radius 3 is 2.95 bits per heavy atom. The van der Waals surface area contributed by atoms with Crippen molar-refractivity contribution in [1.82, 2.24) is 9.78 Å². The Kier molecular flexibility index (Phi) is 4.58. The Hall–Kier alpha value is -1.36. The molecule has 106 valence electrons. The molecule has 0 unspecified atom stereocenters. The molecule has 0 aromatic carbocycles. The van der Waals surface area contributed by atoms with Gasteiger partial charge >= 0.3 is 0 Å². The number of nitrogens with one attached hydrogen (secondary N) is 1. The first kappa shape index (κ1) is 14.1. The molecule has 0 spiro atoms. The molecule has 5 heteroatoms. The third-order valence-electron chi connectivity index (χ3n) is 3.73. The molecular weight excluding hydrogens is 242 g/mol. The van der Waals surface area contributed by atoms with Crippen molar-refractivity contribution in [2.45, 2.75) is 64.0 Å². The number of aryl methyl sites for hydroxylation is 1. The first-order valence-corrected chi connectivity index (χ1v) is 7.17. The summed E-state index contributed by atoms with van der Waals surface area (Å²) >= 11 is 0. The molecular formula is C14H23N3O2. The Bertz CT molecular complexity index is 422. The van der Waals surface area contributed by atoms with E-state index in [1.807, 2.05) is 0 Å². The number of amides is 1. The predicted octanol–water partition coefficient (Wildman–Crippen LogP) is 2.32. The second kappa shape index (κ2) is 6.19. The van der Waals surface area contributed by atoms with Crippen LogP contribution in [0.5, 0.6) is 0 Å². The summed E-state index contributed by atoms with van der Waals surface area (Å²) in [6, 6.07) is 1.80. The molecule has 1 fully saturated rings. The highest BCUT2D eigenvalue weighted by molar-refractivity contribution is 5.90. The van der Waals surface area contributed by atoms with E-state index in [1.54, 1.807) is 16.9 Å². The van der Waals surface area contributed by atoms with Crippen molar-refractivity contribution >= 4 is 11.7 Å². The smallest absolute Gasteiger partial charge is 0.228 e. The van der Waals surface area contributed by atoms with Crippen molar-refractivity contribution in [2.75, 3.05) is 5.32 Å². The number of aromatic nitrogens is 2. The maximum absolute atomic E-state index is 12.0. The number of carbonyl (C=O) groups excluding carboxylic acids is 1. The van der Waals surface area contributed by atoms with Crippen LogP contribution < -0.4 is 5.32 Å². The van der Waals surface area contributed by atoms with Crippen LogP contribution in [0.15, 0.2) is 12.3 Å². The van der Waals surface area contributed by atoms with Crippen LogP contribution in [0.3, 0.4) is 0 Å². The van der Waals surface area contributed by atoms with Crippen molar-refractivity contribution in [1.29, 1.82) is 0 Å². The van der Waals surface area contributed by atoms with Crippen LogP contribution in [-0.2, 0) is 11.3 Å². The second-order valence-corrected chi connectivity index (χ2v) is 5.45. The highest BCUT2D eigenvalue weighted by atomic mass is 16.3. The lowest BCUT2D eigenvalue weighted by Gasteiger charge is -2.21. The maximum atomic E-state index is 12.0. The highest BCUT2D eigenvalue weighted by Gasteiger charge is 2.33. The van der Waals surface area contributed by atoms with Crippen molar-refractivity contribution in [3.63, 3.8) is 0 Å². The minimum atomic E-state index is -0.793. The summed E-state index contributed by atoms with van der Waals surface area (Å²) < 4.78 is 1.81. The van der Waals surface area contributed by atoms with Gasteiger partial charge in [0.1, 0.15) is 5.82 Å². The lowest BCUT2D eigenvalue weighted by Crippen LogP contribution is -2.31. The molecule has 0 bridgehead atoms. The van der Waals surface area contributed by atoms with Crippen molar-refractivity contribution < 1.29 is 9.90 Å². The Labute approximate surface area is 114 Å². The first-order chi connectivity index (χ1) is 9.13. The number of nitrogens with zero attached hydrogens (tertiary/aromatic N) is 2. The van der Waals surface area contributed by atoms with E-state index in [0.717, 1.165) is 50.9 Å². The number of anilines is 1. The second-order valence-electron chi connectivity index (χ2n) is 5.45. The number of hydrogen-bond acceptors (Lipinski definition) is 3. The maximum Gasteiger partial charge on any atom is 0.228 e. The standard InChI is InChI=1S/C14H23N3O2/c1-2-3-10-17-12(6-9-15-17)16-13(18)11-14(19)7-4-5-8-14/h6,9,19H,2-5,7-8,10-11H2,1H3,(H,16,18). The third kappa shape index (κ3) is 3.80. The molecule has 1 saturated carbocycles. The molecule has 1 aromatic rings. The fourth-order valence-corrected chi connectivity index (χ4v) is 2.62. The summed E-state index contributed by atoms with van der Waals surface area (Å²) in [7, 11) is 0. The Morgan fingerprint density at radius 2 is 2.26 bits per heavy atom. The fraction of sp³-hybridized carbons (Fsp3) is 0.714. The number of rotatable bonds is 6. The van der Waals surface area contributed by atoms with Gasteiger partial charge < -0.3 is 10.4 Å². The minimum Gasteiger partial charge on any atom is -0.389 e. The van der Waals surface area contributed by atoms with E-state index < -0.39 is 5.60 Å². The number of hydrogen-bond donors (Lipinski definition) is 2. The molecule has 1 aliphatic carbocycles. The molecule has 0 radical (unpaired) electrons. The first-order valence-electron chi connectivity index (χ1n) is 7.17. The van der Waals surface area contributed by atoms with Gasteiger partial charge in [0.25, 0.3) is 0 Å². The zero-order valence-corrected chi connectivity index (χ0v) is 11.6. The van der Waals surface area contributed by atoms with Gasteiger partial charge in [0, 0.05) is 12.6 Å². The van der Waals surface area contributed by atoms with E-state index in [9.17, 15) is 9.90 Å². The average molecular weight is 265 g/mol. The number of unbranched alkanes of at least 4 members (excludes halogenated alkanes) is 1. The van der Waals surface area contributed by atoms with E-state index in [1.165, 1.54) is 0 Å². The monoisotopic (exact) mass is 265 g/mol. The molecule has 1 aliphatic rings. The van der Waals surface area contributed by atoms with Gasteiger partial charge in [-0.2, -0.15) is 5.10 Å². The predicted molar refractivity (Wildman–Crippen MR) is 73.8 cm³/mol. The molecule has 0 saturated heterocycles. The normalized spacial score (nSPS) is 17.6. The van der Waals surface area contributed by atoms with Gasteiger partial charge in [0.2, 0.25) is 5.91 Å². The minimum absolute atomic E-state index is 0.123. The summed E-state index contributed by atoms with van der Waals surface area (Å²) in [5, 5.41) is 17.3. The summed E-state index contributed by atoms with van der Waals surface area (Å²) in [4.78, 5) is 12.0. The Morgan fingerprint density at radius 1 is 1.53 bits per heavy atom. The molecule has 0 atom stereocenters. The molecule has 1 amide bonds. The highest BCUT2D eigenvalue weighted by Crippen LogP contribution is 2.32. The van der Waals surface area contributed by atoms with Gasteiger partial charge in [0.05, 0.1) is 18.2 Å². The summed E-state index contributed by atoms with van der Waals surface area (Å²) in [5.74, 6) is 0.600. The van der Waals surface area contributed by atoms with Crippen molar-refractivity contribution in [3.05, 3.63) is 12.3 Å². The van der Waals surface area contributed by atoms with Gasteiger partial charge in [-0.1, -0.05) is 26.2 Å². The van der Waals surface area contributed by atoms with Crippen LogP contribution in [0.1, 0.15) is 51.9 Å². The van der Waals surface area contributed by atoms with E-state index in [4.69, 9.17) is 0 Å². The lowest BCUT2D eigenvalue weighted by atomic mass is 9.98. The molecule has 1 aromatic heterocycles. The van der Waals surface area contributed by atoms with Crippen LogP contribution in [0.4, 0.5) is 5.82 Å². The van der Waals surface area contributed by atoms with Gasteiger partial charge in [-0.3, -0.25) is 4.79 Å². The SMILES string of the molecule is CCCCn1nccc1NC(=O)CC1(O)CCCC1. The van der Waals surface area contributed by atoms with Crippen LogP contribution >= 0.6 is 0 Å². The molecule has 19 heavy (non-hydrogen) atoms. The quantitative estimate of drug-likeness (QED) is 0.829. The zero-order chi connectivity index (χ0) is 13.7. The largest absolute Gasteiger partial charge is 0.389 e.